The quantitative estimate of drug-likeness (QED) is 0.167. The zero-order valence-corrected chi connectivity index (χ0v) is 28.1. The number of hydrogen-bond acceptors (Lipinski definition) is 10. The third-order valence-corrected chi connectivity index (χ3v) is 6.04. The second-order valence-electron chi connectivity index (χ2n) is 8.41. The van der Waals surface area contributed by atoms with E-state index in [0.29, 0.717) is 11.4 Å². The van der Waals surface area contributed by atoms with E-state index in [4.69, 9.17) is 20.4 Å². The first kappa shape index (κ1) is 45.2. The van der Waals surface area contributed by atoms with Gasteiger partial charge in [0.25, 0.3) is 0 Å². The van der Waals surface area contributed by atoms with Crippen molar-refractivity contribution < 1.29 is 57.3 Å². The molecule has 0 fully saturated rings. The van der Waals surface area contributed by atoms with Gasteiger partial charge < -0.3 is 50.9 Å². The number of anilines is 4. The number of carbonyl (C=O) groups is 2. The molecule has 6 N–H and O–H groups in total. The zero-order valence-electron chi connectivity index (χ0n) is 26.9. The molecule has 0 aliphatic heterocycles. The fourth-order valence-corrected chi connectivity index (χ4v) is 3.60. The molecule has 4 rings (SSSR count). The smallest absolute Gasteiger partial charge is 0.545 e. The summed E-state index contributed by atoms with van der Waals surface area (Å²) in [6.07, 6.45) is 0. The van der Waals surface area contributed by atoms with Gasteiger partial charge in [-0.25, -0.2) is 0 Å². The number of aliphatic hydroxyl groups is 4. The van der Waals surface area contributed by atoms with Crippen LogP contribution in [0.1, 0.15) is 43.0 Å². The van der Waals surface area contributed by atoms with Gasteiger partial charge in [0.1, 0.15) is 0 Å². The molecule has 4 aromatic carbocycles. The summed E-state index contributed by atoms with van der Waals surface area (Å²) in [6, 6.07) is 25.2. The van der Waals surface area contributed by atoms with E-state index in [1.807, 2.05) is 64.1 Å². The van der Waals surface area contributed by atoms with Gasteiger partial charge in [0.2, 0.25) is 0 Å². The molecular formula is C34H44MnN2O8. The molecule has 10 nitrogen and oxygen atoms in total. The van der Waals surface area contributed by atoms with Crippen molar-refractivity contribution in [3.63, 3.8) is 0 Å². The van der Waals surface area contributed by atoms with Gasteiger partial charge in [0.05, 0.1) is 11.9 Å². The fraction of sp³-hybridized carbons (Fsp3) is 0.235. The van der Waals surface area contributed by atoms with Crippen LogP contribution in [-0.4, -0.2) is 60.8 Å². The van der Waals surface area contributed by atoms with Gasteiger partial charge in [-0.3, -0.25) is 0 Å². The van der Waals surface area contributed by atoms with Crippen molar-refractivity contribution in [3.05, 3.63) is 118 Å². The topological polar surface area (TPSA) is 185 Å². The normalized spacial score (nSPS) is 8.62. The van der Waals surface area contributed by atoms with Crippen molar-refractivity contribution in [1.82, 2.24) is 0 Å². The summed E-state index contributed by atoms with van der Waals surface area (Å²) in [5.74, 6) is -2.35. The Bertz CT molecular complexity index is 1310. The van der Waals surface area contributed by atoms with Crippen LogP contribution in [0.25, 0.3) is 0 Å². The van der Waals surface area contributed by atoms with Gasteiger partial charge in [-0.2, -0.15) is 0 Å². The van der Waals surface area contributed by atoms with Gasteiger partial charge >= 0.3 is 17.1 Å². The van der Waals surface area contributed by atoms with E-state index in [-0.39, 0.29) is 28.2 Å². The summed E-state index contributed by atoms with van der Waals surface area (Å²) < 4.78 is 0. The average molecular weight is 664 g/mol. The van der Waals surface area contributed by atoms with Crippen LogP contribution >= 0.6 is 0 Å². The molecule has 0 aliphatic carbocycles. The molecule has 0 bridgehead atoms. The Labute approximate surface area is 276 Å². The monoisotopic (exact) mass is 663 g/mol. The molecule has 0 saturated carbocycles. The first-order valence-electron chi connectivity index (χ1n) is 13.2. The third-order valence-electron chi connectivity index (χ3n) is 6.04. The number of aryl methyl sites for hydroxylation is 2. The van der Waals surface area contributed by atoms with Gasteiger partial charge in [-0.15, -0.1) is 0 Å². The summed E-state index contributed by atoms with van der Waals surface area (Å²) in [6.45, 7) is 8.04. The molecule has 1 radical (unpaired) electrons. The summed E-state index contributed by atoms with van der Waals surface area (Å²) in [7, 11) is 4.00. The standard InChI is InChI=1S/2C15H15NO2.4CH4O.Mn/c2*1-10-6-5-9-13(11(10)2)16-14-8-4-3-7-12(14)15(17)18;4*1-2;/h2*3-9,16H,1-2H3,(H,17,18);4*2H,1H3;/q;;;;;;+2/p-2. The molecule has 0 aliphatic rings. The number of aliphatic hydroxyl groups excluding tert-OH is 4. The molecule has 0 saturated heterocycles. The van der Waals surface area contributed by atoms with Crippen molar-refractivity contribution in [2.45, 2.75) is 27.7 Å². The van der Waals surface area contributed by atoms with Crippen LogP contribution < -0.4 is 20.8 Å². The largest absolute Gasteiger partial charge is 2.00 e. The predicted molar refractivity (Wildman–Crippen MR) is 173 cm³/mol. The molecule has 4 aromatic rings. The first-order valence-corrected chi connectivity index (χ1v) is 13.2. The van der Waals surface area contributed by atoms with E-state index in [2.05, 4.69) is 10.6 Å². The number of carbonyl (C=O) groups excluding carboxylic acids is 2. The van der Waals surface area contributed by atoms with E-state index in [0.717, 1.165) is 62.1 Å². The number of nitrogens with one attached hydrogen (secondary N) is 2. The molecule has 0 aromatic heterocycles. The molecule has 45 heavy (non-hydrogen) atoms. The Morgan fingerprint density at radius 2 is 0.733 bits per heavy atom. The number of carboxylic acids is 2. The first-order chi connectivity index (χ1) is 21.2. The molecule has 0 spiro atoms. The van der Waals surface area contributed by atoms with Crippen LogP contribution in [0.4, 0.5) is 22.7 Å². The Kier molecular flexibility index (Phi) is 26.3. The van der Waals surface area contributed by atoms with Crippen molar-refractivity contribution in [2.75, 3.05) is 39.1 Å². The van der Waals surface area contributed by atoms with Crippen LogP contribution in [0.5, 0.6) is 0 Å². The van der Waals surface area contributed by atoms with E-state index >= 15 is 0 Å². The fourth-order valence-electron chi connectivity index (χ4n) is 3.60. The maximum atomic E-state index is 11.0. The Balaban J connectivity index is -0.000000630. The second-order valence-corrected chi connectivity index (χ2v) is 8.41. The molecular weight excluding hydrogens is 619 g/mol. The summed E-state index contributed by atoms with van der Waals surface area (Å²) in [5, 5.41) is 56.3. The minimum absolute atomic E-state index is 0. The van der Waals surface area contributed by atoms with Crippen molar-refractivity contribution >= 4 is 34.7 Å². The predicted octanol–water partition coefficient (Wildman–Crippen LogP) is 3.25. The minimum atomic E-state index is -1.18. The maximum Gasteiger partial charge on any atom is 2.00 e. The molecule has 245 valence electrons. The number of hydrogen-bond donors (Lipinski definition) is 6. The van der Waals surface area contributed by atoms with E-state index in [9.17, 15) is 19.8 Å². The van der Waals surface area contributed by atoms with Crippen molar-refractivity contribution in [1.29, 1.82) is 0 Å². The Morgan fingerprint density at radius 1 is 0.467 bits per heavy atom. The van der Waals surface area contributed by atoms with E-state index in [1.54, 1.807) is 36.4 Å². The summed E-state index contributed by atoms with van der Waals surface area (Å²) >= 11 is 0. The van der Waals surface area contributed by atoms with Crippen LogP contribution in [0.2, 0.25) is 0 Å². The van der Waals surface area contributed by atoms with Gasteiger partial charge in [-0.05, 0) is 74.2 Å². The molecule has 0 atom stereocenters. The molecule has 0 amide bonds. The number of aromatic carboxylic acids is 2. The summed E-state index contributed by atoms with van der Waals surface area (Å²) in [5.41, 5.74) is 7.76. The van der Waals surface area contributed by atoms with Gasteiger partial charge in [0.15, 0.2) is 0 Å². The average Bonchev–Trinajstić information content (AvgIpc) is 3.06. The Morgan fingerprint density at radius 3 is 1.02 bits per heavy atom. The molecule has 0 unspecified atom stereocenters. The van der Waals surface area contributed by atoms with Gasteiger partial charge in [0, 0.05) is 62.3 Å². The SMILES string of the molecule is CO.CO.CO.CO.Cc1cccc(Nc2ccccc2C(=O)[O-])c1C.Cc1cccc(Nc2ccccc2C(=O)[O-])c1C.[Mn+2]. The van der Waals surface area contributed by atoms with Crippen LogP contribution in [0.15, 0.2) is 84.9 Å². The number of para-hydroxylation sites is 2. The third kappa shape index (κ3) is 14.9. The van der Waals surface area contributed by atoms with E-state index in [1.165, 1.54) is 12.1 Å². The minimum Gasteiger partial charge on any atom is -0.545 e. The second kappa shape index (κ2) is 26.2. The van der Waals surface area contributed by atoms with Crippen molar-refractivity contribution in [3.8, 4) is 0 Å². The maximum absolute atomic E-state index is 11.0. The number of rotatable bonds is 6. The summed E-state index contributed by atoms with van der Waals surface area (Å²) in [4.78, 5) is 22.0. The molecule has 0 heterocycles. The van der Waals surface area contributed by atoms with Crippen LogP contribution in [-0.2, 0) is 17.1 Å². The number of benzene rings is 4. The molecule has 11 heteroatoms. The zero-order chi connectivity index (χ0) is 34.2. The van der Waals surface area contributed by atoms with Crippen molar-refractivity contribution in [2.24, 2.45) is 0 Å². The van der Waals surface area contributed by atoms with Crippen LogP contribution in [0.3, 0.4) is 0 Å². The Hall–Kier alpha value is -4.22. The van der Waals surface area contributed by atoms with E-state index < -0.39 is 11.9 Å². The number of carboxylic acid groups (broad SMARTS) is 2. The van der Waals surface area contributed by atoms with Crippen LogP contribution in [0, 0.1) is 27.7 Å². The van der Waals surface area contributed by atoms with Gasteiger partial charge in [-0.1, -0.05) is 60.7 Å².